The maximum Gasteiger partial charge on any atom is 1.00 e. The molecule has 10 heavy (non-hydrogen) atoms. The van der Waals surface area contributed by atoms with Gasteiger partial charge in [-0.05, 0) is 0 Å². The predicted octanol–water partition coefficient (Wildman–Crippen LogP) is -4.45. The summed E-state index contributed by atoms with van der Waals surface area (Å²) in [4.78, 5) is 10.2. The summed E-state index contributed by atoms with van der Waals surface area (Å²) < 4.78 is 0. The van der Waals surface area contributed by atoms with E-state index >= 15 is 0 Å². The molecule has 1 saturated heterocycles. The molecule has 1 rings (SSSR count). The van der Waals surface area contributed by atoms with E-state index in [-0.39, 0.29) is 31.0 Å². The van der Waals surface area contributed by atoms with Crippen molar-refractivity contribution in [2.24, 2.45) is 5.73 Å². The van der Waals surface area contributed by atoms with E-state index in [0.717, 1.165) is 13.1 Å². The minimum absolute atomic E-state index is 0. The number of hydrogen-bond acceptors (Lipinski definition) is 3. The van der Waals surface area contributed by atoms with Crippen LogP contribution in [0.1, 0.15) is 1.43 Å². The van der Waals surface area contributed by atoms with Gasteiger partial charge in [0.05, 0.1) is 6.67 Å². The quantitative estimate of drug-likeness (QED) is 0.334. The summed E-state index contributed by atoms with van der Waals surface area (Å²) >= 11 is 0. The van der Waals surface area contributed by atoms with Gasteiger partial charge in [0.1, 0.15) is 0 Å². The summed E-state index contributed by atoms with van der Waals surface area (Å²) in [6, 6.07) is -0.501. The number of carbonyl (C=O) groups is 1. The monoisotopic (exact) mass is 154 g/mol. The van der Waals surface area contributed by atoms with Gasteiger partial charge >= 0.3 is 35.6 Å². The first-order valence-electron chi connectivity index (χ1n) is 2.81. The molecule has 4 N–H and O–H groups in total. The van der Waals surface area contributed by atoms with Crippen LogP contribution in [-0.2, 0) is 0 Å². The smallest absolute Gasteiger partial charge is 1.00 e. The first kappa shape index (κ1) is 10.2. The Balaban J connectivity index is 0. The SMILES string of the molecule is NC(=O)NN1CCNC1.[H-].[Na+]. The van der Waals surface area contributed by atoms with Crippen LogP contribution in [0.5, 0.6) is 0 Å². The molecule has 2 amide bonds. The average molecular weight is 154 g/mol. The van der Waals surface area contributed by atoms with Crippen molar-refractivity contribution in [1.29, 1.82) is 0 Å². The maximum absolute atomic E-state index is 10.2. The zero-order valence-electron chi connectivity index (χ0n) is 7.05. The number of hydrazine groups is 1. The normalized spacial score (nSPS) is 18.0. The van der Waals surface area contributed by atoms with Gasteiger partial charge in [0.25, 0.3) is 0 Å². The van der Waals surface area contributed by atoms with Gasteiger partial charge in [-0.3, -0.25) is 5.43 Å². The molecule has 1 aliphatic heterocycles. The Labute approximate surface area is 83.1 Å². The van der Waals surface area contributed by atoms with Crippen molar-refractivity contribution in [3.63, 3.8) is 0 Å². The number of nitrogens with one attached hydrogen (secondary N) is 2. The number of carbonyl (C=O) groups excluding carboxylic acids is 1. The third kappa shape index (κ3) is 3.38. The van der Waals surface area contributed by atoms with Crippen LogP contribution in [-0.4, -0.2) is 30.8 Å². The van der Waals surface area contributed by atoms with E-state index in [4.69, 9.17) is 5.73 Å². The second-order valence-corrected chi connectivity index (χ2v) is 1.90. The van der Waals surface area contributed by atoms with Crippen molar-refractivity contribution in [2.45, 2.75) is 0 Å². The molecule has 1 heterocycles. The molecule has 5 nitrogen and oxygen atoms in total. The largest absolute Gasteiger partial charge is 1.00 e. The minimum Gasteiger partial charge on any atom is -1.00 e. The second kappa shape index (κ2) is 4.92. The molecule has 0 aromatic heterocycles. The molecule has 0 unspecified atom stereocenters. The van der Waals surface area contributed by atoms with Gasteiger partial charge in [-0.25, -0.2) is 9.80 Å². The van der Waals surface area contributed by atoms with Crippen molar-refractivity contribution in [3.8, 4) is 0 Å². The van der Waals surface area contributed by atoms with Crippen LogP contribution in [0.3, 0.4) is 0 Å². The number of hydrogen-bond donors (Lipinski definition) is 3. The van der Waals surface area contributed by atoms with Crippen molar-refractivity contribution >= 4 is 6.03 Å². The first-order chi connectivity index (χ1) is 4.29. The molecule has 0 aliphatic carbocycles. The molecule has 0 atom stereocenters. The molecule has 0 aromatic rings. The molecule has 0 spiro atoms. The molecule has 6 heteroatoms. The fourth-order valence-corrected chi connectivity index (χ4v) is 0.758. The summed E-state index contributed by atoms with van der Waals surface area (Å²) in [5.41, 5.74) is 7.30. The molecular formula is C4H11N4NaO. The van der Waals surface area contributed by atoms with Gasteiger partial charge in [0.2, 0.25) is 0 Å². The van der Waals surface area contributed by atoms with Crippen LogP contribution in [0.2, 0.25) is 0 Å². The van der Waals surface area contributed by atoms with Crippen LogP contribution < -0.4 is 46.0 Å². The van der Waals surface area contributed by atoms with Gasteiger partial charge in [0, 0.05) is 13.1 Å². The summed E-state index contributed by atoms with van der Waals surface area (Å²) in [5.74, 6) is 0. The molecular weight excluding hydrogens is 143 g/mol. The Bertz CT molecular complexity index is 119. The molecule has 0 radical (unpaired) electrons. The van der Waals surface area contributed by atoms with E-state index < -0.39 is 6.03 Å². The second-order valence-electron chi connectivity index (χ2n) is 1.90. The van der Waals surface area contributed by atoms with Gasteiger partial charge < -0.3 is 12.5 Å². The van der Waals surface area contributed by atoms with Crippen molar-refractivity contribution in [1.82, 2.24) is 15.8 Å². The Morgan fingerprint density at radius 1 is 1.80 bits per heavy atom. The zero-order chi connectivity index (χ0) is 6.69. The Morgan fingerprint density at radius 2 is 2.50 bits per heavy atom. The first-order valence-corrected chi connectivity index (χ1v) is 2.81. The van der Waals surface area contributed by atoms with E-state index in [9.17, 15) is 4.79 Å². The van der Waals surface area contributed by atoms with Crippen LogP contribution >= 0.6 is 0 Å². The van der Waals surface area contributed by atoms with Gasteiger partial charge in [-0.15, -0.1) is 0 Å². The maximum atomic E-state index is 10.2. The van der Waals surface area contributed by atoms with Crippen LogP contribution in [0.4, 0.5) is 4.79 Å². The number of nitrogens with two attached hydrogens (primary N) is 1. The van der Waals surface area contributed by atoms with Crippen molar-refractivity contribution < 1.29 is 35.8 Å². The molecule has 0 bridgehead atoms. The minimum atomic E-state index is -0.501. The summed E-state index contributed by atoms with van der Waals surface area (Å²) in [7, 11) is 0. The fraction of sp³-hybridized carbons (Fsp3) is 0.750. The van der Waals surface area contributed by atoms with E-state index in [0.29, 0.717) is 6.67 Å². The van der Waals surface area contributed by atoms with E-state index in [1.165, 1.54) is 0 Å². The molecule has 0 aromatic carbocycles. The van der Waals surface area contributed by atoms with E-state index in [1.54, 1.807) is 5.01 Å². The van der Waals surface area contributed by atoms with Crippen LogP contribution in [0.25, 0.3) is 0 Å². The van der Waals surface area contributed by atoms with E-state index in [1.807, 2.05) is 0 Å². The van der Waals surface area contributed by atoms with Gasteiger partial charge in [0.15, 0.2) is 0 Å². The van der Waals surface area contributed by atoms with Crippen LogP contribution in [0, 0.1) is 0 Å². The third-order valence-electron chi connectivity index (χ3n) is 1.13. The van der Waals surface area contributed by atoms with E-state index in [2.05, 4.69) is 10.7 Å². The predicted molar refractivity (Wildman–Crippen MR) is 33.4 cm³/mol. The van der Waals surface area contributed by atoms with Gasteiger partial charge in [-0.2, -0.15) is 0 Å². The summed E-state index contributed by atoms with van der Waals surface area (Å²) in [5, 5.41) is 4.76. The number of amides is 2. The summed E-state index contributed by atoms with van der Waals surface area (Å²) in [6.07, 6.45) is 0. The number of urea groups is 1. The van der Waals surface area contributed by atoms with Crippen molar-refractivity contribution in [3.05, 3.63) is 0 Å². The fourth-order valence-electron chi connectivity index (χ4n) is 0.758. The number of rotatable bonds is 1. The number of nitrogens with zero attached hydrogens (tertiary/aromatic N) is 1. The Hall–Kier alpha value is 0.190. The van der Waals surface area contributed by atoms with Crippen LogP contribution in [0.15, 0.2) is 0 Å². The zero-order valence-corrected chi connectivity index (χ0v) is 8.05. The standard InChI is InChI=1S/C4H10N4O.Na.H/c5-4(9)7-8-2-1-6-3-8;;/h6H,1-3H2,(H3,5,7,9);;/q;+1;-1. The Kier molecular flexibility index (Phi) is 5.02. The van der Waals surface area contributed by atoms with Gasteiger partial charge in [-0.1, -0.05) is 0 Å². The molecule has 54 valence electrons. The third-order valence-corrected chi connectivity index (χ3v) is 1.13. The topological polar surface area (TPSA) is 70.4 Å². The number of primary amides is 1. The Morgan fingerprint density at radius 3 is 2.90 bits per heavy atom. The molecule has 1 aliphatic rings. The molecule has 1 fully saturated rings. The molecule has 0 saturated carbocycles. The summed E-state index contributed by atoms with van der Waals surface area (Å²) in [6.45, 7) is 2.41. The van der Waals surface area contributed by atoms with Crippen molar-refractivity contribution in [2.75, 3.05) is 19.8 Å². The average Bonchev–Trinajstić information content (AvgIpc) is 2.15.